The first-order valence-corrected chi connectivity index (χ1v) is 12.9. The molecule has 0 bridgehead atoms. The van der Waals surface area contributed by atoms with E-state index in [1.165, 1.54) is 31.2 Å². The van der Waals surface area contributed by atoms with Crippen LogP contribution in [0.5, 0.6) is 11.5 Å². The van der Waals surface area contributed by atoms with E-state index < -0.39 is 21.4 Å². The van der Waals surface area contributed by atoms with Crippen LogP contribution in [0.25, 0.3) is 17.3 Å². The molecule has 0 aliphatic carbocycles. The van der Waals surface area contributed by atoms with Crippen LogP contribution in [-0.4, -0.2) is 53.1 Å². The van der Waals surface area contributed by atoms with E-state index in [1.807, 2.05) is 0 Å². The Bertz CT molecular complexity index is 1460. The summed E-state index contributed by atoms with van der Waals surface area (Å²) in [6, 6.07) is 8.43. The third kappa shape index (κ3) is 5.18. The van der Waals surface area contributed by atoms with Crippen LogP contribution in [0.1, 0.15) is 18.5 Å². The number of hydrogen-bond donors (Lipinski definition) is 1. The van der Waals surface area contributed by atoms with Crippen LogP contribution in [-0.2, 0) is 15.7 Å². The second-order valence-corrected chi connectivity index (χ2v) is 10.5. The molecule has 1 N–H and O–H groups in total. The molecule has 3 aromatic heterocycles. The van der Waals surface area contributed by atoms with E-state index in [4.69, 9.17) is 13.9 Å². The van der Waals surface area contributed by atoms with Crippen LogP contribution in [0, 0.1) is 6.92 Å². The van der Waals surface area contributed by atoms with Gasteiger partial charge in [0.15, 0.2) is 17.3 Å². The van der Waals surface area contributed by atoms with Crippen molar-refractivity contribution in [1.29, 1.82) is 0 Å². The van der Waals surface area contributed by atoms with Crippen LogP contribution in [0.2, 0.25) is 0 Å². The molecule has 3 heterocycles. The van der Waals surface area contributed by atoms with Crippen LogP contribution < -0.4 is 14.2 Å². The molecule has 0 aliphatic rings. The number of furan rings is 1. The van der Waals surface area contributed by atoms with E-state index >= 15 is 4.39 Å². The van der Waals surface area contributed by atoms with Crippen molar-refractivity contribution in [2.24, 2.45) is 0 Å². The summed E-state index contributed by atoms with van der Waals surface area (Å²) in [5, 5.41) is 8.15. The molecule has 0 saturated heterocycles. The zero-order valence-electron chi connectivity index (χ0n) is 19.7. The molecule has 4 aromatic rings. The zero-order chi connectivity index (χ0) is 26.1. The number of hydrogen-bond acceptors (Lipinski definition) is 9. The Balaban J connectivity index is 1.80. The second-order valence-electron chi connectivity index (χ2n) is 7.89. The smallest absolute Gasteiger partial charge is 0.243 e. The Kier molecular flexibility index (Phi) is 7.00. The molecular formula is C22H22BrFN6O5S. The molecule has 14 heteroatoms. The highest BCUT2D eigenvalue weighted by atomic mass is 79.9. The van der Waals surface area contributed by atoms with Crippen molar-refractivity contribution >= 4 is 31.9 Å². The van der Waals surface area contributed by atoms with Crippen LogP contribution >= 0.6 is 15.9 Å². The van der Waals surface area contributed by atoms with Gasteiger partial charge in [0.05, 0.1) is 18.7 Å². The second kappa shape index (κ2) is 9.85. The first-order valence-electron chi connectivity index (χ1n) is 10.5. The highest BCUT2D eigenvalue weighted by molar-refractivity contribution is 9.10. The number of aryl methyl sites for hydroxylation is 1. The van der Waals surface area contributed by atoms with E-state index in [0.29, 0.717) is 33.2 Å². The van der Waals surface area contributed by atoms with E-state index in [0.717, 1.165) is 6.92 Å². The van der Waals surface area contributed by atoms with Gasteiger partial charge in [0, 0.05) is 12.4 Å². The van der Waals surface area contributed by atoms with Gasteiger partial charge in [-0.05, 0) is 54.0 Å². The van der Waals surface area contributed by atoms with Crippen molar-refractivity contribution in [3.8, 4) is 28.8 Å². The Labute approximate surface area is 214 Å². The van der Waals surface area contributed by atoms with Gasteiger partial charge in [0.25, 0.3) is 0 Å². The van der Waals surface area contributed by atoms with Crippen molar-refractivity contribution in [2.45, 2.75) is 19.5 Å². The standard InChI is InChI=1S/C22H22BrFN6O5S/c1-13-8-9-17(35-13)19-27-28-21(30(19)18-15(33-3)6-5-7-16(18)34-4)29-36(31,32)12-22(2,24)20-25-10-14(23)11-26-20/h5-11H,12H2,1-4H3,(H,28,29). The summed E-state index contributed by atoms with van der Waals surface area (Å²) in [7, 11) is -1.43. The van der Waals surface area contributed by atoms with Crippen LogP contribution in [0.15, 0.2) is 51.6 Å². The fourth-order valence-electron chi connectivity index (χ4n) is 3.51. The molecule has 11 nitrogen and oxygen atoms in total. The summed E-state index contributed by atoms with van der Waals surface area (Å²) in [4.78, 5) is 7.79. The molecule has 0 radical (unpaired) electrons. The molecule has 0 aliphatic heterocycles. The fraction of sp³-hybridized carbons (Fsp3) is 0.273. The molecule has 0 fully saturated rings. The largest absolute Gasteiger partial charge is 0.494 e. The minimum absolute atomic E-state index is 0.169. The molecular weight excluding hydrogens is 559 g/mol. The number of ether oxygens (including phenoxy) is 2. The molecule has 1 atom stereocenters. The third-order valence-corrected chi connectivity index (χ3v) is 6.87. The van der Waals surface area contributed by atoms with Crippen molar-refractivity contribution in [3.05, 3.63) is 58.8 Å². The molecule has 1 aromatic carbocycles. The summed E-state index contributed by atoms with van der Waals surface area (Å²) in [5.41, 5.74) is -2.09. The lowest BCUT2D eigenvalue weighted by Crippen LogP contribution is -2.33. The lowest BCUT2D eigenvalue weighted by atomic mass is 10.1. The van der Waals surface area contributed by atoms with Gasteiger partial charge in [-0.1, -0.05) is 6.07 Å². The Hall–Kier alpha value is -3.52. The third-order valence-electron chi connectivity index (χ3n) is 5.04. The maximum Gasteiger partial charge on any atom is 0.243 e. The lowest BCUT2D eigenvalue weighted by molar-refractivity contribution is 0.210. The van der Waals surface area contributed by atoms with E-state index in [1.54, 1.807) is 37.3 Å². The van der Waals surface area contributed by atoms with Gasteiger partial charge in [-0.15, -0.1) is 10.2 Å². The van der Waals surface area contributed by atoms with Gasteiger partial charge in [-0.25, -0.2) is 22.8 Å². The molecule has 0 amide bonds. The molecule has 36 heavy (non-hydrogen) atoms. The number of rotatable bonds is 9. The minimum Gasteiger partial charge on any atom is -0.494 e. The lowest BCUT2D eigenvalue weighted by Gasteiger charge is -2.20. The SMILES string of the molecule is COc1cccc(OC)c1-n1c(NS(=O)(=O)CC(C)(F)c2ncc(Br)cn2)nnc1-c1ccc(C)o1. The van der Waals surface area contributed by atoms with Crippen molar-refractivity contribution in [3.63, 3.8) is 0 Å². The van der Waals surface area contributed by atoms with Gasteiger partial charge >= 0.3 is 0 Å². The Morgan fingerprint density at radius 2 is 1.75 bits per heavy atom. The topological polar surface area (TPSA) is 134 Å². The monoisotopic (exact) mass is 580 g/mol. The number of para-hydroxylation sites is 1. The summed E-state index contributed by atoms with van der Waals surface area (Å²) in [6.07, 6.45) is 2.67. The highest BCUT2D eigenvalue weighted by Gasteiger charge is 2.37. The average molecular weight is 581 g/mol. The Morgan fingerprint density at radius 3 is 2.31 bits per heavy atom. The maximum atomic E-state index is 15.4. The van der Waals surface area contributed by atoms with Crippen molar-refractivity contribution < 1.29 is 26.7 Å². The number of aromatic nitrogens is 5. The summed E-state index contributed by atoms with van der Waals surface area (Å²) in [5.74, 6) is 0.295. The van der Waals surface area contributed by atoms with Gasteiger partial charge in [0.1, 0.15) is 28.7 Å². The number of methoxy groups -OCH3 is 2. The predicted molar refractivity (Wildman–Crippen MR) is 133 cm³/mol. The molecule has 0 saturated carbocycles. The van der Waals surface area contributed by atoms with Gasteiger partial charge < -0.3 is 13.9 Å². The number of benzene rings is 1. The van der Waals surface area contributed by atoms with E-state index in [-0.39, 0.29) is 17.6 Å². The summed E-state index contributed by atoms with van der Waals surface area (Å²) in [6.45, 7) is 2.84. The highest BCUT2D eigenvalue weighted by Crippen LogP contribution is 2.38. The predicted octanol–water partition coefficient (Wildman–Crippen LogP) is 4.03. The number of alkyl halides is 1. The molecule has 190 valence electrons. The minimum atomic E-state index is -4.34. The Morgan fingerprint density at radius 1 is 1.11 bits per heavy atom. The fourth-order valence-corrected chi connectivity index (χ4v) is 5.04. The molecule has 0 spiro atoms. The van der Waals surface area contributed by atoms with Crippen molar-refractivity contribution in [1.82, 2.24) is 24.7 Å². The van der Waals surface area contributed by atoms with E-state index in [2.05, 4.69) is 40.8 Å². The average Bonchev–Trinajstić information content (AvgIpc) is 3.43. The van der Waals surface area contributed by atoms with Gasteiger partial charge in [-0.2, -0.15) is 0 Å². The number of nitrogens with one attached hydrogen (secondary N) is 1. The van der Waals surface area contributed by atoms with E-state index in [9.17, 15) is 8.42 Å². The van der Waals surface area contributed by atoms with Crippen LogP contribution in [0.3, 0.4) is 0 Å². The van der Waals surface area contributed by atoms with Gasteiger partial charge in [0.2, 0.25) is 21.8 Å². The zero-order valence-corrected chi connectivity index (χ0v) is 22.1. The number of nitrogens with zero attached hydrogens (tertiary/aromatic N) is 5. The number of anilines is 1. The van der Waals surface area contributed by atoms with Crippen molar-refractivity contribution in [2.75, 3.05) is 24.7 Å². The quantitative estimate of drug-likeness (QED) is 0.311. The molecule has 1 unspecified atom stereocenters. The van der Waals surface area contributed by atoms with Crippen LogP contribution in [0.4, 0.5) is 10.3 Å². The first kappa shape index (κ1) is 25.6. The molecule has 4 rings (SSSR count). The first-order chi connectivity index (χ1) is 17.0. The normalized spacial score (nSPS) is 13.3. The number of halogens is 2. The maximum absolute atomic E-state index is 15.4. The number of sulfonamides is 1. The van der Waals surface area contributed by atoms with Gasteiger partial charge in [-0.3, -0.25) is 9.29 Å². The summed E-state index contributed by atoms with van der Waals surface area (Å²) >= 11 is 3.17. The summed E-state index contributed by atoms with van der Waals surface area (Å²) < 4.78 is 62.6.